The van der Waals surface area contributed by atoms with E-state index in [4.69, 9.17) is 0 Å². The fourth-order valence-electron chi connectivity index (χ4n) is 2.09. The van der Waals surface area contributed by atoms with Gasteiger partial charge in [0.15, 0.2) is 0 Å². The Morgan fingerprint density at radius 2 is 1.08 bits per heavy atom. The molecule has 0 aromatic heterocycles. The molecule has 0 heterocycles. The van der Waals surface area contributed by atoms with Crippen LogP contribution in [0, 0.1) is 0 Å². The van der Waals surface area contributed by atoms with Gasteiger partial charge in [0.25, 0.3) is 0 Å². The highest BCUT2D eigenvalue weighted by molar-refractivity contribution is 7.34. The summed E-state index contributed by atoms with van der Waals surface area (Å²) < 4.78 is 20.9. The lowest BCUT2D eigenvalue weighted by molar-refractivity contribution is -0.137. The summed E-state index contributed by atoms with van der Waals surface area (Å²) in [4.78, 5) is 23.2. The SMILES string of the molecule is O=C(CCc1ccccc1)O[PH](=O)OC(=O)CCc1ccccc1. The third-order valence-corrected chi connectivity index (χ3v) is 4.10. The van der Waals surface area contributed by atoms with Crippen LogP contribution < -0.4 is 0 Å². The van der Waals surface area contributed by atoms with Gasteiger partial charge in [-0.1, -0.05) is 60.7 Å². The molecule has 5 nitrogen and oxygen atoms in total. The standard InChI is InChI=1S/C18H19O5P/c19-17(13-11-15-7-3-1-4-8-15)22-24(21)23-18(20)14-12-16-9-5-2-6-10-16/h1-10,24H,11-14H2. The van der Waals surface area contributed by atoms with E-state index in [1.807, 2.05) is 60.7 Å². The molecule has 0 aliphatic carbocycles. The molecule has 0 aliphatic heterocycles. The van der Waals surface area contributed by atoms with Gasteiger partial charge in [0.1, 0.15) is 0 Å². The number of rotatable bonds is 8. The number of aryl methyl sites for hydroxylation is 2. The molecule has 0 saturated heterocycles. The van der Waals surface area contributed by atoms with Crippen LogP contribution in [-0.4, -0.2) is 11.9 Å². The molecule has 0 atom stereocenters. The van der Waals surface area contributed by atoms with Crippen molar-refractivity contribution in [3.05, 3.63) is 71.8 Å². The molecule has 0 amide bonds. The molecule has 2 rings (SSSR count). The van der Waals surface area contributed by atoms with Crippen molar-refractivity contribution in [1.29, 1.82) is 0 Å². The van der Waals surface area contributed by atoms with Crippen LogP contribution in [0.1, 0.15) is 24.0 Å². The molecule has 6 heteroatoms. The Bertz CT molecular complexity index is 626. The van der Waals surface area contributed by atoms with Crippen LogP contribution in [0.2, 0.25) is 0 Å². The summed E-state index contributed by atoms with van der Waals surface area (Å²) in [5, 5.41) is 0. The van der Waals surface area contributed by atoms with Crippen LogP contribution in [-0.2, 0) is 36.0 Å². The molecule has 126 valence electrons. The summed E-state index contributed by atoms with van der Waals surface area (Å²) in [6.45, 7) is 0. The topological polar surface area (TPSA) is 69.7 Å². The maximum Gasteiger partial charge on any atom is 0.423 e. The maximum atomic E-state index is 11.6. The zero-order valence-corrected chi connectivity index (χ0v) is 14.1. The quantitative estimate of drug-likeness (QED) is 0.681. The summed E-state index contributed by atoms with van der Waals surface area (Å²) in [7, 11) is -3.14. The minimum absolute atomic E-state index is 0.0853. The zero-order chi connectivity index (χ0) is 17.2. The van der Waals surface area contributed by atoms with Gasteiger partial charge >= 0.3 is 20.2 Å². The number of hydrogen-bond acceptors (Lipinski definition) is 5. The molecule has 0 saturated carbocycles. The van der Waals surface area contributed by atoms with Gasteiger partial charge in [0.05, 0.1) is 0 Å². The van der Waals surface area contributed by atoms with Gasteiger partial charge in [-0.3, -0.25) is 9.59 Å². The first-order chi connectivity index (χ1) is 11.6. The smallest absolute Gasteiger partial charge is 0.385 e. The van der Waals surface area contributed by atoms with Gasteiger partial charge in [0, 0.05) is 12.8 Å². The van der Waals surface area contributed by atoms with Crippen molar-refractivity contribution in [2.45, 2.75) is 25.7 Å². The Kier molecular flexibility index (Phi) is 7.24. The lowest BCUT2D eigenvalue weighted by Gasteiger charge is -2.06. The Balaban J connectivity index is 1.66. The lowest BCUT2D eigenvalue weighted by Crippen LogP contribution is -2.05. The Morgan fingerprint density at radius 1 is 0.708 bits per heavy atom. The van der Waals surface area contributed by atoms with E-state index in [2.05, 4.69) is 9.05 Å². The van der Waals surface area contributed by atoms with Gasteiger partial charge in [-0.2, -0.15) is 0 Å². The van der Waals surface area contributed by atoms with Crippen LogP contribution in [0.3, 0.4) is 0 Å². The molecule has 0 unspecified atom stereocenters. The molecule has 2 aromatic rings. The van der Waals surface area contributed by atoms with Crippen molar-refractivity contribution in [2.24, 2.45) is 0 Å². The Labute approximate surface area is 141 Å². The molecule has 0 fully saturated rings. The third-order valence-electron chi connectivity index (χ3n) is 3.32. The number of carbonyl (C=O) groups excluding carboxylic acids is 2. The van der Waals surface area contributed by atoms with Crippen LogP contribution in [0.5, 0.6) is 0 Å². The number of carbonyl (C=O) groups is 2. The molecule has 0 bridgehead atoms. The van der Waals surface area contributed by atoms with Crippen molar-refractivity contribution >= 4 is 20.2 Å². The summed E-state index contributed by atoms with van der Waals surface area (Å²) in [5.41, 5.74) is 1.96. The second kappa shape index (κ2) is 9.68. The summed E-state index contributed by atoms with van der Waals surface area (Å²) >= 11 is 0. The molecule has 2 aromatic carbocycles. The van der Waals surface area contributed by atoms with E-state index in [9.17, 15) is 14.2 Å². The average Bonchev–Trinajstić information content (AvgIpc) is 2.60. The normalized spacial score (nSPS) is 10.4. The first-order valence-electron chi connectivity index (χ1n) is 7.66. The molecule has 0 N–H and O–H groups in total. The predicted molar refractivity (Wildman–Crippen MR) is 90.7 cm³/mol. The monoisotopic (exact) mass is 346 g/mol. The van der Waals surface area contributed by atoms with E-state index >= 15 is 0 Å². The van der Waals surface area contributed by atoms with E-state index < -0.39 is 20.2 Å². The van der Waals surface area contributed by atoms with E-state index in [1.54, 1.807) is 0 Å². The van der Waals surface area contributed by atoms with E-state index in [-0.39, 0.29) is 12.8 Å². The van der Waals surface area contributed by atoms with Crippen molar-refractivity contribution < 1.29 is 23.2 Å². The lowest BCUT2D eigenvalue weighted by atomic mass is 10.1. The number of hydrogen-bond donors (Lipinski definition) is 0. The van der Waals surface area contributed by atoms with Crippen molar-refractivity contribution in [3.63, 3.8) is 0 Å². The Hall–Kier alpha value is -2.39. The van der Waals surface area contributed by atoms with Gasteiger partial charge in [-0.15, -0.1) is 0 Å². The minimum atomic E-state index is -3.14. The molecular formula is C18H19O5P. The highest BCUT2D eigenvalue weighted by atomic mass is 31.1. The minimum Gasteiger partial charge on any atom is -0.385 e. The zero-order valence-electron chi connectivity index (χ0n) is 13.1. The molecular weight excluding hydrogens is 327 g/mol. The summed E-state index contributed by atoms with van der Waals surface area (Å²) in [6, 6.07) is 18.8. The van der Waals surface area contributed by atoms with Gasteiger partial charge in [-0.05, 0) is 24.0 Å². The van der Waals surface area contributed by atoms with Crippen LogP contribution >= 0.6 is 8.25 Å². The summed E-state index contributed by atoms with van der Waals surface area (Å²) in [6.07, 6.45) is 1.14. The van der Waals surface area contributed by atoms with E-state index in [0.29, 0.717) is 12.8 Å². The van der Waals surface area contributed by atoms with E-state index in [0.717, 1.165) is 11.1 Å². The number of benzene rings is 2. The highest BCUT2D eigenvalue weighted by Crippen LogP contribution is 2.26. The van der Waals surface area contributed by atoms with Crippen LogP contribution in [0.15, 0.2) is 60.7 Å². The van der Waals surface area contributed by atoms with E-state index in [1.165, 1.54) is 0 Å². The van der Waals surface area contributed by atoms with Gasteiger partial charge in [0.2, 0.25) is 0 Å². The molecule has 0 aliphatic rings. The fourth-order valence-corrected chi connectivity index (χ4v) is 2.71. The highest BCUT2D eigenvalue weighted by Gasteiger charge is 2.13. The first kappa shape index (κ1) is 18.0. The Morgan fingerprint density at radius 3 is 1.46 bits per heavy atom. The maximum absolute atomic E-state index is 11.6. The van der Waals surface area contributed by atoms with Crippen LogP contribution in [0.4, 0.5) is 0 Å². The second-order valence-corrected chi connectivity index (χ2v) is 6.08. The molecule has 24 heavy (non-hydrogen) atoms. The van der Waals surface area contributed by atoms with Crippen LogP contribution in [0.25, 0.3) is 0 Å². The largest absolute Gasteiger partial charge is 0.423 e. The van der Waals surface area contributed by atoms with Gasteiger partial charge < -0.3 is 9.05 Å². The van der Waals surface area contributed by atoms with Crippen molar-refractivity contribution in [3.8, 4) is 0 Å². The third kappa shape index (κ3) is 6.80. The molecule has 0 radical (unpaired) electrons. The van der Waals surface area contributed by atoms with Gasteiger partial charge in [-0.25, -0.2) is 4.57 Å². The van der Waals surface area contributed by atoms with Crippen molar-refractivity contribution in [1.82, 2.24) is 0 Å². The second-order valence-electron chi connectivity index (χ2n) is 5.17. The predicted octanol–water partition coefficient (Wildman–Crippen LogP) is 3.73. The van der Waals surface area contributed by atoms with Crippen molar-refractivity contribution in [2.75, 3.05) is 0 Å². The fraction of sp³-hybridized carbons (Fsp3) is 0.222. The first-order valence-corrected chi connectivity index (χ1v) is 8.89. The summed E-state index contributed by atoms with van der Waals surface area (Å²) in [5.74, 6) is -1.28. The average molecular weight is 346 g/mol. The molecule has 0 spiro atoms.